The Morgan fingerprint density at radius 3 is 1.62 bits per heavy atom. The van der Waals surface area contributed by atoms with E-state index in [4.69, 9.17) is 0 Å². The van der Waals surface area contributed by atoms with Crippen molar-refractivity contribution in [2.24, 2.45) is 0 Å². The monoisotopic (exact) mass is 222 g/mol. The SMILES string of the molecule is C/C=C/C(=O)OCC#CCOC(=O)/C=C/C. The molecule has 0 N–H and O–H groups in total. The lowest BCUT2D eigenvalue weighted by molar-refractivity contribution is -0.137. The summed E-state index contributed by atoms with van der Waals surface area (Å²) in [5, 5.41) is 0. The van der Waals surface area contributed by atoms with Gasteiger partial charge in [0.1, 0.15) is 0 Å². The maximum Gasteiger partial charge on any atom is 0.331 e. The molecule has 0 aromatic rings. The molecule has 0 unspecified atom stereocenters. The maximum atomic E-state index is 10.8. The Labute approximate surface area is 94.9 Å². The van der Waals surface area contributed by atoms with E-state index in [-0.39, 0.29) is 13.2 Å². The second-order valence-corrected chi connectivity index (χ2v) is 2.57. The average molecular weight is 222 g/mol. The third-order valence-corrected chi connectivity index (χ3v) is 1.30. The molecule has 4 heteroatoms. The largest absolute Gasteiger partial charge is 0.449 e. The van der Waals surface area contributed by atoms with Gasteiger partial charge in [0.25, 0.3) is 0 Å². The van der Waals surface area contributed by atoms with Gasteiger partial charge in [0, 0.05) is 12.2 Å². The smallest absolute Gasteiger partial charge is 0.331 e. The summed E-state index contributed by atoms with van der Waals surface area (Å²) in [6, 6.07) is 0. The molecule has 0 saturated carbocycles. The topological polar surface area (TPSA) is 52.6 Å². The van der Waals surface area contributed by atoms with Gasteiger partial charge in [-0.1, -0.05) is 24.0 Å². The molecule has 0 bridgehead atoms. The molecule has 0 aromatic heterocycles. The molecule has 0 amide bonds. The fourth-order valence-electron chi connectivity index (χ4n) is 0.685. The van der Waals surface area contributed by atoms with Gasteiger partial charge in [0.15, 0.2) is 13.2 Å². The van der Waals surface area contributed by atoms with Crippen LogP contribution in [0.2, 0.25) is 0 Å². The van der Waals surface area contributed by atoms with Gasteiger partial charge >= 0.3 is 11.9 Å². The van der Waals surface area contributed by atoms with Crippen molar-refractivity contribution in [3.8, 4) is 11.8 Å². The molecule has 0 aliphatic carbocycles. The molecular formula is C12H14O4. The highest BCUT2D eigenvalue weighted by Gasteiger charge is 1.92. The minimum atomic E-state index is -0.442. The number of carbonyl (C=O) groups is 2. The predicted octanol–water partition coefficient (Wildman–Crippen LogP) is 1.23. The lowest BCUT2D eigenvalue weighted by Gasteiger charge is -1.94. The Kier molecular flexibility index (Phi) is 8.33. The standard InChI is InChI=1S/C12H14O4/c1-3-7-11(13)15-9-5-6-10-16-12(14)8-4-2/h3-4,7-8H,9-10H2,1-2H3/b7-3+,8-4+. The van der Waals surface area contributed by atoms with Gasteiger partial charge in [-0.2, -0.15) is 0 Å². The lowest BCUT2D eigenvalue weighted by Crippen LogP contribution is -2.02. The summed E-state index contributed by atoms with van der Waals surface area (Å²) in [5.74, 6) is 4.20. The van der Waals surface area contributed by atoms with Crippen LogP contribution in [-0.4, -0.2) is 25.2 Å². The van der Waals surface area contributed by atoms with E-state index in [0.717, 1.165) is 0 Å². The first-order chi connectivity index (χ1) is 7.70. The molecule has 0 aromatic carbocycles. The van der Waals surface area contributed by atoms with E-state index in [0.29, 0.717) is 0 Å². The van der Waals surface area contributed by atoms with E-state index in [1.54, 1.807) is 26.0 Å². The predicted molar refractivity (Wildman–Crippen MR) is 59.3 cm³/mol. The Morgan fingerprint density at radius 1 is 0.938 bits per heavy atom. The third-order valence-electron chi connectivity index (χ3n) is 1.30. The number of hydrogen-bond donors (Lipinski definition) is 0. The van der Waals surface area contributed by atoms with Crippen LogP contribution in [0.1, 0.15) is 13.8 Å². The summed E-state index contributed by atoms with van der Waals surface area (Å²) in [6.07, 6.45) is 5.75. The second kappa shape index (κ2) is 9.53. The van der Waals surface area contributed by atoms with Crippen LogP contribution in [0.5, 0.6) is 0 Å². The van der Waals surface area contributed by atoms with Crippen LogP contribution in [0.25, 0.3) is 0 Å². The van der Waals surface area contributed by atoms with Gasteiger partial charge < -0.3 is 9.47 Å². The van der Waals surface area contributed by atoms with Crippen molar-refractivity contribution in [2.45, 2.75) is 13.8 Å². The molecule has 0 rings (SSSR count). The summed E-state index contributed by atoms with van der Waals surface area (Å²) in [4.78, 5) is 21.6. The molecule has 0 fully saturated rings. The van der Waals surface area contributed by atoms with Gasteiger partial charge in [-0.25, -0.2) is 9.59 Å². The zero-order chi connectivity index (χ0) is 12.2. The first-order valence-corrected chi connectivity index (χ1v) is 4.75. The molecule has 4 nitrogen and oxygen atoms in total. The summed E-state index contributed by atoms with van der Waals surface area (Å²) in [5.41, 5.74) is 0. The zero-order valence-electron chi connectivity index (χ0n) is 9.36. The van der Waals surface area contributed by atoms with Gasteiger partial charge in [0.2, 0.25) is 0 Å². The van der Waals surface area contributed by atoms with E-state index < -0.39 is 11.9 Å². The highest BCUT2D eigenvalue weighted by atomic mass is 16.5. The van der Waals surface area contributed by atoms with Gasteiger partial charge in [-0.3, -0.25) is 0 Å². The minimum Gasteiger partial charge on any atom is -0.449 e. The van der Waals surface area contributed by atoms with Crippen molar-refractivity contribution >= 4 is 11.9 Å². The quantitative estimate of drug-likeness (QED) is 0.408. The van der Waals surface area contributed by atoms with Crippen LogP contribution in [0.4, 0.5) is 0 Å². The summed E-state index contributed by atoms with van der Waals surface area (Å²) >= 11 is 0. The van der Waals surface area contributed by atoms with Crippen LogP contribution < -0.4 is 0 Å². The highest BCUT2D eigenvalue weighted by Crippen LogP contribution is 1.81. The van der Waals surface area contributed by atoms with Gasteiger partial charge in [0.05, 0.1) is 0 Å². The number of ether oxygens (including phenoxy) is 2. The van der Waals surface area contributed by atoms with E-state index in [9.17, 15) is 9.59 Å². The molecule has 0 saturated heterocycles. The van der Waals surface area contributed by atoms with Crippen molar-refractivity contribution in [3.63, 3.8) is 0 Å². The molecule has 0 spiro atoms. The summed E-state index contributed by atoms with van der Waals surface area (Å²) < 4.78 is 9.37. The van der Waals surface area contributed by atoms with Gasteiger partial charge in [-0.05, 0) is 13.8 Å². The first kappa shape index (κ1) is 14.0. The van der Waals surface area contributed by atoms with Crippen LogP contribution in [0, 0.1) is 11.8 Å². The molecule has 0 radical (unpaired) electrons. The number of allylic oxidation sites excluding steroid dienone is 2. The Bertz CT molecular complexity index is 310. The van der Waals surface area contributed by atoms with Crippen molar-refractivity contribution in [2.75, 3.05) is 13.2 Å². The zero-order valence-corrected chi connectivity index (χ0v) is 9.36. The average Bonchev–Trinajstić information content (AvgIpc) is 2.24. The second-order valence-electron chi connectivity index (χ2n) is 2.57. The van der Waals surface area contributed by atoms with Gasteiger partial charge in [-0.15, -0.1) is 0 Å². The Balaban J connectivity index is 3.64. The Morgan fingerprint density at radius 2 is 1.31 bits per heavy atom. The molecule has 86 valence electrons. The highest BCUT2D eigenvalue weighted by molar-refractivity contribution is 5.82. The normalized spacial score (nSPS) is 9.88. The third kappa shape index (κ3) is 8.57. The van der Waals surface area contributed by atoms with Crippen molar-refractivity contribution in [1.29, 1.82) is 0 Å². The molecular weight excluding hydrogens is 208 g/mol. The van der Waals surface area contributed by atoms with Crippen LogP contribution in [0.15, 0.2) is 24.3 Å². The lowest BCUT2D eigenvalue weighted by atomic mass is 10.5. The first-order valence-electron chi connectivity index (χ1n) is 4.75. The summed E-state index contributed by atoms with van der Waals surface area (Å²) in [6.45, 7) is 3.41. The molecule has 16 heavy (non-hydrogen) atoms. The fourth-order valence-corrected chi connectivity index (χ4v) is 0.685. The fraction of sp³-hybridized carbons (Fsp3) is 0.333. The van der Waals surface area contributed by atoms with Crippen molar-refractivity contribution in [1.82, 2.24) is 0 Å². The molecule has 0 aliphatic rings. The molecule has 0 atom stereocenters. The van der Waals surface area contributed by atoms with Crippen LogP contribution in [0.3, 0.4) is 0 Å². The summed E-state index contributed by atoms with van der Waals surface area (Å²) in [7, 11) is 0. The minimum absolute atomic E-state index is 0.00958. The van der Waals surface area contributed by atoms with E-state index in [1.807, 2.05) is 0 Å². The van der Waals surface area contributed by atoms with E-state index in [2.05, 4.69) is 21.3 Å². The van der Waals surface area contributed by atoms with Crippen molar-refractivity contribution in [3.05, 3.63) is 24.3 Å². The van der Waals surface area contributed by atoms with E-state index >= 15 is 0 Å². The van der Waals surface area contributed by atoms with E-state index in [1.165, 1.54) is 12.2 Å². The number of esters is 2. The molecule has 0 aliphatic heterocycles. The van der Waals surface area contributed by atoms with Crippen LogP contribution in [-0.2, 0) is 19.1 Å². The Hall–Kier alpha value is -2.02. The number of hydrogen-bond acceptors (Lipinski definition) is 4. The van der Waals surface area contributed by atoms with Crippen molar-refractivity contribution < 1.29 is 19.1 Å². The number of rotatable bonds is 4. The number of carbonyl (C=O) groups excluding carboxylic acids is 2. The van der Waals surface area contributed by atoms with Crippen LogP contribution >= 0.6 is 0 Å². The maximum absolute atomic E-state index is 10.8. The molecule has 0 heterocycles.